The van der Waals surface area contributed by atoms with Gasteiger partial charge in [0.05, 0.1) is 0 Å². The van der Waals surface area contributed by atoms with Crippen molar-refractivity contribution >= 4 is 5.84 Å². The first kappa shape index (κ1) is 12.5. The second-order valence-corrected chi connectivity index (χ2v) is 3.78. The number of hydrazone groups is 1. The molecular formula is C12H20N4. The second-order valence-electron chi connectivity index (χ2n) is 3.78. The van der Waals surface area contributed by atoms with E-state index >= 15 is 0 Å². The summed E-state index contributed by atoms with van der Waals surface area (Å²) in [5, 5.41) is 3.72. The average Bonchev–Trinajstić information content (AvgIpc) is 2.30. The van der Waals surface area contributed by atoms with Gasteiger partial charge in [-0.1, -0.05) is 44.0 Å². The van der Waals surface area contributed by atoms with Crippen molar-refractivity contribution in [2.75, 3.05) is 0 Å². The Hall–Kier alpha value is -1.55. The number of hydrogen-bond acceptors (Lipinski definition) is 3. The molecule has 0 unspecified atom stereocenters. The van der Waals surface area contributed by atoms with Gasteiger partial charge in [-0.3, -0.25) is 0 Å². The summed E-state index contributed by atoms with van der Waals surface area (Å²) in [6.07, 6.45) is 4.90. The molecule has 0 radical (unpaired) electrons. The van der Waals surface area contributed by atoms with Crippen LogP contribution in [0.1, 0.15) is 37.3 Å². The van der Waals surface area contributed by atoms with Crippen LogP contribution in [0.15, 0.2) is 29.4 Å². The highest BCUT2D eigenvalue weighted by molar-refractivity contribution is 5.97. The minimum atomic E-state index is 0.405. The summed E-state index contributed by atoms with van der Waals surface area (Å²) < 4.78 is 0. The summed E-state index contributed by atoms with van der Waals surface area (Å²) >= 11 is 0. The Morgan fingerprint density at radius 3 is 2.50 bits per heavy atom. The van der Waals surface area contributed by atoms with E-state index in [0.717, 1.165) is 12.0 Å². The molecule has 0 bridgehead atoms. The molecular weight excluding hydrogens is 200 g/mol. The minimum absolute atomic E-state index is 0.405. The first-order valence-electron chi connectivity index (χ1n) is 5.66. The molecule has 5 N–H and O–H groups in total. The van der Waals surface area contributed by atoms with Crippen LogP contribution >= 0.6 is 0 Å². The van der Waals surface area contributed by atoms with Crippen molar-refractivity contribution in [3.05, 3.63) is 35.4 Å². The molecule has 0 aromatic heterocycles. The van der Waals surface area contributed by atoms with Crippen LogP contribution < -0.4 is 17.1 Å². The molecule has 0 atom stereocenters. The highest BCUT2D eigenvalue weighted by atomic mass is 15.5. The van der Waals surface area contributed by atoms with Crippen LogP contribution in [0, 0.1) is 0 Å². The molecule has 1 rings (SSSR count). The summed E-state index contributed by atoms with van der Waals surface area (Å²) in [6.45, 7) is 2.21. The number of rotatable bonds is 6. The highest BCUT2D eigenvalue weighted by Gasteiger charge is 1.98. The molecule has 16 heavy (non-hydrogen) atoms. The normalized spacial score (nSPS) is 11.5. The SMILES string of the molecule is CCCCCc1ccc(/C(N)=N/NN)cc1. The first-order valence-corrected chi connectivity index (χ1v) is 5.66. The summed E-state index contributed by atoms with van der Waals surface area (Å²) in [5.74, 6) is 5.47. The van der Waals surface area contributed by atoms with Crippen LogP contribution in [-0.4, -0.2) is 5.84 Å². The predicted molar refractivity (Wildman–Crippen MR) is 67.7 cm³/mol. The second kappa shape index (κ2) is 6.85. The van der Waals surface area contributed by atoms with E-state index in [-0.39, 0.29) is 0 Å². The zero-order valence-corrected chi connectivity index (χ0v) is 9.74. The lowest BCUT2D eigenvalue weighted by Crippen LogP contribution is -2.22. The number of nitrogens with one attached hydrogen (secondary N) is 1. The van der Waals surface area contributed by atoms with Crippen molar-refractivity contribution in [2.24, 2.45) is 16.7 Å². The molecule has 4 nitrogen and oxygen atoms in total. The van der Waals surface area contributed by atoms with Gasteiger partial charge in [0.1, 0.15) is 0 Å². The van der Waals surface area contributed by atoms with Crippen LogP contribution in [-0.2, 0) is 6.42 Å². The summed E-state index contributed by atoms with van der Waals surface area (Å²) in [5.41, 5.74) is 10.1. The molecule has 0 saturated heterocycles. The largest absolute Gasteiger partial charge is 0.382 e. The summed E-state index contributed by atoms with van der Waals surface area (Å²) in [4.78, 5) is 0. The maximum atomic E-state index is 5.68. The third-order valence-electron chi connectivity index (χ3n) is 2.50. The fourth-order valence-corrected chi connectivity index (χ4v) is 1.56. The van der Waals surface area contributed by atoms with Gasteiger partial charge in [-0.15, -0.1) is 5.10 Å². The van der Waals surface area contributed by atoms with Gasteiger partial charge in [0.25, 0.3) is 0 Å². The topological polar surface area (TPSA) is 76.4 Å². The number of benzene rings is 1. The van der Waals surface area contributed by atoms with Gasteiger partial charge in [0, 0.05) is 5.56 Å². The third kappa shape index (κ3) is 3.90. The Kier molecular flexibility index (Phi) is 5.36. The van der Waals surface area contributed by atoms with Gasteiger partial charge in [-0.25, -0.2) is 11.4 Å². The lowest BCUT2D eigenvalue weighted by molar-refractivity contribution is 0.717. The van der Waals surface area contributed by atoms with Crippen molar-refractivity contribution in [3.63, 3.8) is 0 Å². The molecule has 1 aromatic rings. The van der Waals surface area contributed by atoms with Gasteiger partial charge in [-0.2, -0.15) is 0 Å². The Bertz CT molecular complexity index is 329. The number of aryl methyl sites for hydroxylation is 1. The molecule has 1 aromatic carbocycles. The van der Waals surface area contributed by atoms with Crippen LogP contribution in [0.4, 0.5) is 0 Å². The number of hydrogen-bond donors (Lipinski definition) is 3. The highest BCUT2D eigenvalue weighted by Crippen LogP contribution is 2.08. The van der Waals surface area contributed by atoms with Crippen LogP contribution in [0.5, 0.6) is 0 Å². The van der Waals surface area contributed by atoms with E-state index in [0.29, 0.717) is 5.84 Å². The third-order valence-corrected chi connectivity index (χ3v) is 2.50. The van der Waals surface area contributed by atoms with E-state index in [1.165, 1.54) is 24.8 Å². The average molecular weight is 220 g/mol. The molecule has 0 spiro atoms. The molecule has 0 aliphatic carbocycles. The van der Waals surface area contributed by atoms with Crippen molar-refractivity contribution in [2.45, 2.75) is 32.6 Å². The smallest absolute Gasteiger partial charge is 0.152 e. The lowest BCUT2D eigenvalue weighted by atomic mass is 10.1. The molecule has 0 aliphatic rings. The Morgan fingerprint density at radius 2 is 1.94 bits per heavy atom. The van der Waals surface area contributed by atoms with E-state index < -0.39 is 0 Å². The molecule has 88 valence electrons. The van der Waals surface area contributed by atoms with Gasteiger partial charge >= 0.3 is 0 Å². The number of nitrogens with two attached hydrogens (primary N) is 2. The van der Waals surface area contributed by atoms with Crippen molar-refractivity contribution in [1.82, 2.24) is 5.53 Å². The quantitative estimate of drug-likeness (QED) is 0.223. The van der Waals surface area contributed by atoms with E-state index in [4.69, 9.17) is 11.6 Å². The minimum Gasteiger partial charge on any atom is -0.382 e. The maximum absolute atomic E-state index is 5.68. The zero-order valence-electron chi connectivity index (χ0n) is 9.74. The number of amidine groups is 1. The van der Waals surface area contributed by atoms with E-state index in [1.807, 2.05) is 12.1 Å². The lowest BCUT2D eigenvalue weighted by Gasteiger charge is -2.03. The number of nitrogens with zero attached hydrogens (tertiary/aromatic N) is 1. The number of hydrazine groups is 1. The summed E-state index contributed by atoms with van der Waals surface area (Å²) in [7, 11) is 0. The van der Waals surface area contributed by atoms with Crippen LogP contribution in [0.25, 0.3) is 0 Å². The van der Waals surface area contributed by atoms with Crippen LogP contribution in [0.2, 0.25) is 0 Å². The van der Waals surface area contributed by atoms with Gasteiger partial charge in [0.2, 0.25) is 0 Å². The Labute approximate surface area is 96.7 Å². The Morgan fingerprint density at radius 1 is 1.25 bits per heavy atom. The molecule has 0 fully saturated rings. The van der Waals surface area contributed by atoms with Gasteiger partial charge in [0.15, 0.2) is 5.84 Å². The maximum Gasteiger partial charge on any atom is 0.152 e. The molecule has 4 heteroatoms. The molecule has 0 aliphatic heterocycles. The number of unbranched alkanes of at least 4 members (excludes halogenated alkanes) is 2. The predicted octanol–water partition coefficient (Wildman–Crippen LogP) is 1.50. The van der Waals surface area contributed by atoms with E-state index in [9.17, 15) is 0 Å². The van der Waals surface area contributed by atoms with E-state index in [2.05, 4.69) is 29.7 Å². The Balaban J connectivity index is 2.57. The van der Waals surface area contributed by atoms with Gasteiger partial charge < -0.3 is 5.73 Å². The molecule has 0 amide bonds. The standard InChI is InChI=1S/C12H20N4/c1-2-3-4-5-10-6-8-11(9-7-10)12(13)15-16-14/h6-9,16H,2-5,14H2,1H3,(H2,13,15). The summed E-state index contributed by atoms with van der Waals surface area (Å²) in [6, 6.07) is 8.11. The van der Waals surface area contributed by atoms with E-state index in [1.54, 1.807) is 0 Å². The van der Waals surface area contributed by atoms with Gasteiger partial charge in [-0.05, 0) is 18.4 Å². The fraction of sp³-hybridized carbons (Fsp3) is 0.417. The van der Waals surface area contributed by atoms with Crippen molar-refractivity contribution in [3.8, 4) is 0 Å². The molecule has 0 saturated carbocycles. The first-order chi connectivity index (χ1) is 7.77. The molecule has 0 heterocycles. The zero-order chi connectivity index (χ0) is 11.8. The van der Waals surface area contributed by atoms with Crippen molar-refractivity contribution < 1.29 is 0 Å². The van der Waals surface area contributed by atoms with Crippen LogP contribution in [0.3, 0.4) is 0 Å². The fourth-order valence-electron chi connectivity index (χ4n) is 1.56. The monoisotopic (exact) mass is 220 g/mol. The van der Waals surface area contributed by atoms with Crippen molar-refractivity contribution in [1.29, 1.82) is 0 Å².